The van der Waals surface area contributed by atoms with Gasteiger partial charge in [0.15, 0.2) is 0 Å². The van der Waals surface area contributed by atoms with Gasteiger partial charge in [0.25, 0.3) is 5.91 Å². The summed E-state index contributed by atoms with van der Waals surface area (Å²) in [5.74, 6) is -0.0859. The molecule has 3 N–H and O–H groups in total. The molecule has 22 heavy (non-hydrogen) atoms. The number of benzene rings is 1. The lowest BCUT2D eigenvalue weighted by Gasteiger charge is -2.33. The van der Waals surface area contributed by atoms with Crippen LogP contribution in [0.3, 0.4) is 0 Å². The van der Waals surface area contributed by atoms with Gasteiger partial charge in [0.05, 0.1) is 5.56 Å². The molecule has 5 nitrogen and oxygen atoms in total. The summed E-state index contributed by atoms with van der Waals surface area (Å²) in [5, 5.41) is 2.93. The van der Waals surface area contributed by atoms with Gasteiger partial charge < -0.3 is 20.9 Å². The predicted molar refractivity (Wildman–Crippen MR) is 90.3 cm³/mol. The van der Waals surface area contributed by atoms with Crippen LogP contribution in [0.4, 0.5) is 11.4 Å². The maximum atomic E-state index is 12.3. The number of amides is 1. The molecule has 1 aromatic carbocycles. The molecule has 5 heteroatoms. The molecule has 0 atom stereocenters. The number of rotatable bonds is 3. The number of nitrogen functional groups attached to an aromatic ring is 1. The van der Waals surface area contributed by atoms with Crippen molar-refractivity contribution in [3.63, 3.8) is 0 Å². The van der Waals surface area contributed by atoms with E-state index >= 15 is 0 Å². The molecule has 2 bridgehead atoms. The van der Waals surface area contributed by atoms with E-state index in [0.29, 0.717) is 17.3 Å². The monoisotopic (exact) mass is 302 g/mol. The Morgan fingerprint density at radius 2 is 1.95 bits per heavy atom. The SMILES string of the molecule is CC(C)NC(=O)c1cc(N2CCN3CCC2CC3)ccc1N. The van der Waals surface area contributed by atoms with E-state index in [1.807, 2.05) is 26.0 Å². The average Bonchev–Trinajstić information content (AvgIpc) is 2.81. The van der Waals surface area contributed by atoms with Crippen LogP contribution in [-0.2, 0) is 0 Å². The standard InChI is InChI=1S/C17H26N4O/c1-12(2)19-17(22)15-11-14(3-4-16(15)18)21-10-9-20-7-5-13(21)6-8-20/h3-4,11-13H,5-10,18H2,1-2H3,(H,19,22). The lowest BCUT2D eigenvalue weighted by molar-refractivity contribution is 0.0944. The zero-order chi connectivity index (χ0) is 15.7. The highest BCUT2D eigenvalue weighted by molar-refractivity contribution is 6.00. The van der Waals surface area contributed by atoms with Crippen molar-refractivity contribution >= 4 is 17.3 Å². The van der Waals surface area contributed by atoms with Gasteiger partial charge in [-0.2, -0.15) is 0 Å². The third-order valence-corrected chi connectivity index (χ3v) is 4.69. The molecular weight excluding hydrogens is 276 g/mol. The van der Waals surface area contributed by atoms with Gasteiger partial charge in [-0.25, -0.2) is 0 Å². The number of nitrogens with one attached hydrogen (secondary N) is 1. The van der Waals surface area contributed by atoms with E-state index in [1.165, 1.54) is 25.9 Å². The average molecular weight is 302 g/mol. The molecule has 3 fully saturated rings. The van der Waals surface area contributed by atoms with Crippen LogP contribution in [0, 0.1) is 0 Å². The number of hydrogen-bond acceptors (Lipinski definition) is 4. The molecule has 1 aromatic rings. The van der Waals surface area contributed by atoms with Crippen molar-refractivity contribution in [2.75, 3.05) is 36.8 Å². The van der Waals surface area contributed by atoms with E-state index in [-0.39, 0.29) is 11.9 Å². The molecule has 4 rings (SSSR count). The normalized spacial score (nSPS) is 24.4. The molecule has 3 heterocycles. The van der Waals surface area contributed by atoms with Gasteiger partial charge in [-0.15, -0.1) is 0 Å². The number of nitrogens with two attached hydrogens (primary N) is 1. The minimum absolute atomic E-state index is 0.0859. The van der Waals surface area contributed by atoms with Crippen LogP contribution in [0.15, 0.2) is 18.2 Å². The number of nitrogens with zero attached hydrogens (tertiary/aromatic N) is 2. The van der Waals surface area contributed by atoms with Crippen LogP contribution in [0.25, 0.3) is 0 Å². The van der Waals surface area contributed by atoms with Crippen molar-refractivity contribution in [2.45, 2.75) is 38.8 Å². The van der Waals surface area contributed by atoms with E-state index in [9.17, 15) is 4.79 Å². The van der Waals surface area contributed by atoms with Crippen molar-refractivity contribution < 1.29 is 4.79 Å². The lowest BCUT2D eigenvalue weighted by Crippen LogP contribution is -2.38. The third kappa shape index (κ3) is 3.04. The second-order valence-electron chi connectivity index (χ2n) is 6.67. The Balaban J connectivity index is 1.86. The van der Waals surface area contributed by atoms with Crippen molar-refractivity contribution in [3.05, 3.63) is 23.8 Å². The number of hydrogen-bond donors (Lipinski definition) is 2. The number of carbonyl (C=O) groups excluding carboxylic acids is 1. The van der Waals surface area contributed by atoms with Crippen LogP contribution in [0.5, 0.6) is 0 Å². The van der Waals surface area contributed by atoms with E-state index in [1.54, 1.807) is 0 Å². The van der Waals surface area contributed by atoms with Crippen LogP contribution in [-0.4, -0.2) is 49.1 Å². The summed E-state index contributed by atoms with van der Waals surface area (Å²) in [7, 11) is 0. The van der Waals surface area contributed by atoms with E-state index in [2.05, 4.69) is 21.2 Å². The number of anilines is 2. The molecule has 0 aromatic heterocycles. The minimum Gasteiger partial charge on any atom is -0.398 e. The first-order chi connectivity index (χ1) is 10.5. The van der Waals surface area contributed by atoms with E-state index < -0.39 is 0 Å². The zero-order valence-electron chi connectivity index (χ0n) is 13.5. The van der Waals surface area contributed by atoms with E-state index in [0.717, 1.165) is 18.8 Å². The zero-order valence-corrected chi connectivity index (χ0v) is 13.5. The fourth-order valence-electron chi connectivity index (χ4n) is 3.49. The maximum Gasteiger partial charge on any atom is 0.253 e. The maximum absolute atomic E-state index is 12.3. The largest absolute Gasteiger partial charge is 0.398 e. The fourth-order valence-corrected chi connectivity index (χ4v) is 3.49. The van der Waals surface area contributed by atoms with Crippen LogP contribution in [0.1, 0.15) is 37.0 Å². The Kier molecular flexibility index (Phi) is 4.25. The van der Waals surface area contributed by atoms with Gasteiger partial charge in [-0.05, 0) is 44.9 Å². The molecular formula is C17H26N4O. The van der Waals surface area contributed by atoms with Crippen LogP contribution < -0.4 is 16.0 Å². The summed E-state index contributed by atoms with van der Waals surface area (Å²) in [6, 6.07) is 6.57. The molecule has 3 aliphatic rings. The van der Waals surface area contributed by atoms with Crippen molar-refractivity contribution in [1.82, 2.24) is 10.2 Å². The topological polar surface area (TPSA) is 61.6 Å². The molecule has 3 saturated heterocycles. The Morgan fingerprint density at radius 3 is 2.64 bits per heavy atom. The van der Waals surface area contributed by atoms with Gasteiger partial charge in [-0.3, -0.25) is 4.79 Å². The lowest BCUT2D eigenvalue weighted by atomic mass is 10.0. The third-order valence-electron chi connectivity index (χ3n) is 4.69. The highest BCUT2D eigenvalue weighted by Gasteiger charge is 2.29. The highest BCUT2D eigenvalue weighted by Crippen LogP contribution is 2.29. The number of piperidine rings is 1. The Hall–Kier alpha value is -1.75. The first-order valence-electron chi connectivity index (χ1n) is 8.24. The summed E-state index contributed by atoms with van der Waals surface area (Å²) in [4.78, 5) is 17.3. The van der Waals surface area contributed by atoms with Crippen LogP contribution in [0.2, 0.25) is 0 Å². The van der Waals surface area contributed by atoms with Gasteiger partial charge in [0.2, 0.25) is 0 Å². The van der Waals surface area contributed by atoms with Gasteiger partial charge in [-0.1, -0.05) is 0 Å². The van der Waals surface area contributed by atoms with Crippen molar-refractivity contribution in [2.24, 2.45) is 0 Å². The predicted octanol–water partition coefficient (Wildman–Crippen LogP) is 1.69. The molecule has 0 unspecified atom stereocenters. The summed E-state index contributed by atoms with van der Waals surface area (Å²) in [6.45, 7) is 8.43. The molecule has 120 valence electrons. The number of fused-ring (bicyclic) bond motifs is 4. The van der Waals surface area contributed by atoms with Crippen LogP contribution >= 0.6 is 0 Å². The summed E-state index contributed by atoms with van der Waals surface area (Å²) < 4.78 is 0. The van der Waals surface area contributed by atoms with Crippen molar-refractivity contribution in [1.29, 1.82) is 0 Å². The fraction of sp³-hybridized carbons (Fsp3) is 0.588. The molecule has 0 saturated carbocycles. The summed E-state index contributed by atoms with van der Waals surface area (Å²) in [6.07, 6.45) is 2.41. The molecule has 3 aliphatic heterocycles. The second kappa shape index (κ2) is 6.16. The first kappa shape index (κ1) is 15.2. The Bertz CT molecular complexity index is 550. The van der Waals surface area contributed by atoms with Gasteiger partial charge in [0, 0.05) is 49.6 Å². The Morgan fingerprint density at radius 1 is 1.23 bits per heavy atom. The molecule has 1 amide bonds. The minimum atomic E-state index is -0.0859. The van der Waals surface area contributed by atoms with E-state index in [4.69, 9.17) is 5.73 Å². The smallest absolute Gasteiger partial charge is 0.253 e. The summed E-state index contributed by atoms with van der Waals surface area (Å²) in [5.41, 5.74) is 8.27. The number of carbonyl (C=O) groups is 1. The van der Waals surface area contributed by atoms with Crippen molar-refractivity contribution in [3.8, 4) is 0 Å². The van der Waals surface area contributed by atoms with Gasteiger partial charge in [0.1, 0.15) is 0 Å². The molecule has 0 spiro atoms. The molecule has 0 radical (unpaired) electrons. The highest BCUT2D eigenvalue weighted by atomic mass is 16.1. The second-order valence-corrected chi connectivity index (χ2v) is 6.67. The molecule has 0 aliphatic carbocycles. The summed E-state index contributed by atoms with van der Waals surface area (Å²) >= 11 is 0. The quantitative estimate of drug-likeness (QED) is 0.834. The first-order valence-corrected chi connectivity index (χ1v) is 8.24. The Labute approximate surface area is 132 Å². The van der Waals surface area contributed by atoms with Gasteiger partial charge >= 0.3 is 0 Å².